The fourth-order valence-corrected chi connectivity index (χ4v) is 1.17. The molecular weight excluding hydrogens is 253 g/mol. The van der Waals surface area contributed by atoms with Crippen molar-refractivity contribution in [1.82, 2.24) is 4.98 Å². The normalized spacial score (nSPS) is 11.1. The summed E-state index contributed by atoms with van der Waals surface area (Å²) in [7, 11) is 1.15. The lowest BCUT2D eigenvalue weighted by atomic mass is 10.3. The fraction of sp³-hybridized carbons (Fsp3) is 0.500. The summed E-state index contributed by atoms with van der Waals surface area (Å²) in [4.78, 5) is 19.4. The summed E-state index contributed by atoms with van der Waals surface area (Å²) in [6.45, 7) is -0.157. The van der Waals surface area contributed by atoms with Gasteiger partial charge in [-0.2, -0.15) is 13.2 Å². The summed E-state index contributed by atoms with van der Waals surface area (Å²) in [6.07, 6.45) is -3.99. The van der Waals surface area contributed by atoms with Crippen LogP contribution in [0.2, 0.25) is 0 Å². The van der Waals surface area contributed by atoms with Crippen LogP contribution in [-0.2, 0) is 4.84 Å². The van der Waals surface area contributed by atoms with Crippen LogP contribution < -0.4 is 4.74 Å². The molecule has 100 valence electrons. The molecule has 0 fully saturated rings. The molecule has 1 aromatic rings. The molecule has 0 spiro atoms. The van der Waals surface area contributed by atoms with Crippen LogP contribution >= 0.6 is 0 Å². The zero-order chi connectivity index (χ0) is 13.6. The SMILES string of the molecule is CO[N+](=O)c1ncccc1OCCCC(F)(F)F. The predicted molar refractivity (Wildman–Crippen MR) is 55.3 cm³/mol. The van der Waals surface area contributed by atoms with E-state index in [1.807, 2.05) is 0 Å². The van der Waals surface area contributed by atoms with Crippen LogP contribution in [0.4, 0.5) is 19.0 Å². The minimum Gasteiger partial charge on any atom is -0.486 e. The third kappa shape index (κ3) is 4.56. The van der Waals surface area contributed by atoms with Gasteiger partial charge in [0.25, 0.3) is 0 Å². The first kappa shape index (κ1) is 14.2. The molecule has 0 radical (unpaired) electrons. The highest BCUT2D eigenvalue weighted by atomic mass is 19.4. The number of hydrogen-bond acceptors (Lipinski definition) is 4. The summed E-state index contributed by atoms with van der Waals surface area (Å²) in [6, 6.07) is 2.94. The van der Waals surface area contributed by atoms with Gasteiger partial charge in [0.15, 0.2) is 4.92 Å². The first-order chi connectivity index (χ1) is 8.44. The zero-order valence-corrected chi connectivity index (χ0v) is 9.61. The maximum Gasteiger partial charge on any atom is 0.450 e. The number of nitrogens with zero attached hydrogens (tertiary/aromatic N) is 2. The van der Waals surface area contributed by atoms with Crippen molar-refractivity contribution in [3.8, 4) is 5.75 Å². The second-order valence-corrected chi connectivity index (χ2v) is 3.33. The average molecular weight is 265 g/mol. The molecule has 1 rings (SSSR count). The quantitative estimate of drug-likeness (QED) is 0.586. The van der Waals surface area contributed by atoms with E-state index in [1.165, 1.54) is 18.3 Å². The van der Waals surface area contributed by atoms with Crippen molar-refractivity contribution in [2.45, 2.75) is 19.0 Å². The van der Waals surface area contributed by atoms with E-state index in [0.717, 1.165) is 7.11 Å². The van der Waals surface area contributed by atoms with E-state index < -0.39 is 12.6 Å². The van der Waals surface area contributed by atoms with Crippen molar-refractivity contribution in [3.63, 3.8) is 0 Å². The summed E-state index contributed by atoms with van der Waals surface area (Å²) in [5, 5.41) is 0. The van der Waals surface area contributed by atoms with Gasteiger partial charge in [-0.3, -0.25) is 0 Å². The molecular formula is C10H12F3N2O3+. The summed E-state index contributed by atoms with van der Waals surface area (Å²) >= 11 is 0. The lowest BCUT2D eigenvalue weighted by molar-refractivity contribution is -0.739. The van der Waals surface area contributed by atoms with Crippen molar-refractivity contribution in [2.24, 2.45) is 0 Å². The highest BCUT2D eigenvalue weighted by molar-refractivity contribution is 5.37. The minimum absolute atomic E-state index is 0.0801. The van der Waals surface area contributed by atoms with Gasteiger partial charge in [0, 0.05) is 6.42 Å². The monoisotopic (exact) mass is 265 g/mol. The van der Waals surface area contributed by atoms with Gasteiger partial charge in [0.05, 0.1) is 6.61 Å². The maximum absolute atomic E-state index is 11.9. The third-order valence-corrected chi connectivity index (χ3v) is 1.95. The van der Waals surface area contributed by atoms with Gasteiger partial charge in [0.1, 0.15) is 13.3 Å². The summed E-state index contributed by atoms with van der Waals surface area (Å²) < 4.78 is 40.8. The first-order valence-electron chi connectivity index (χ1n) is 5.10. The maximum atomic E-state index is 11.9. The molecule has 0 bridgehead atoms. The molecule has 1 heterocycles. The standard InChI is InChI=1S/C10H12F3N2O3/c1-17-15(16)9-8(4-2-6-14-9)18-7-3-5-10(11,12)13/h2,4,6H,3,5,7H2,1H3/q+1. The van der Waals surface area contributed by atoms with Gasteiger partial charge in [-0.15, -0.1) is 0 Å². The molecule has 18 heavy (non-hydrogen) atoms. The van der Waals surface area contributed by atoms with E-state index in [1.54, 1.807) is 0 Å². The Morgan fingerprint density at radius 3 is 2.78 bits per heavy atom. The topological polar surface area (TPSA) is 51.4 Å². The molecule has 0 atom stereocenters. The molecule has 0 N–H and O–H groups in total. The van der Waals surface area contributed by atoms with E-state index in [2.05, 4.69) is 9.82 Å². The number of halogens is 3. The molecule has 1 aromatic heterocycles. The van der Waals surface area contributed by atoms with Gasteiger partial charge in [0.2, 0.25) is 5.75 Å². The Morgan fingerprint density at radius 1 is 1.44 bits per heavy atom. The molecule has 0 saturated heterocycles. The molecule has 0 saturated carbocycles. The van der Waals surface area contributed by atoms with Crippen LogP contribution in [0.15, 0.2) is 18.3 Å². The predicted octanol–water partition coefficient (Wildman–Crippen LogP) is 2.77. The molecule has 5 nitrogen and oxygen atoms in total. The number of rotatable bonds is 6. The molecule has 0 aliphatic heterocycles. The van der Waals surface area contributed by atoms with Gasteiger partial charge in [-0.25, -0.2) is 0 Å². The Kier molecular flexibility index (Phi) is 4.87. The van der Waals surface area contributed by atoms with Crippen LogP contribution in [0.25, 0.3) is 0 Å². The van der Waals surface area contributed by atoms with Crippen LogP contribution in [0.3, 0.4) is 0 Å². The number of alkyl halides is 3. The minimum atomic E-state index is -4.21. The van der Waals surface area contributed by atoms with Crippen molar-refractivity contribution in [3.05, 3.63) is 23.2 Å². The number of ether oxygens (including phenoxy) is 1. The van der Waals surface area contributed by atoms with Crippen LogP contribution in [0.5, 0.6) is 5.75 Å². The Bertz CT molecular complexity index is 410. The Morgan fingerprint density at radius 2 is 2.17 bits per heavy atom. The number of hydrogen-bond donors (Lipinski definition) is 0. The third-order valence-electron chi connectivity index (χ3n) is 1.95. The van der Waals surface area contributed by atoms with Gasteiger partial charge in [-0.05, 0) is 28.4 Å². The summed E-state index contributed by atoms with van der Waals surface area (Å²) in [5.41, 5.74) is 0. The molecule has 0 aromatic carbocycles. The van der Waals surface area contributed by atoms with Gasteiger partial charge < -0.3 is 9.57 Å². The Hall–Kier alpha value is -1.86. The highest BCUT2D eigenvalue weighted by Crippen LogP contribution is 2.25. The number of pyridine rings is 1. The van der Waals surface area contributed by atoms with Crippen LogP contribution in [0, 0.1) is 4.91 Å². The first-order valence-corrected chi connectivity index (χ1v) is 5.10. The van der Waals surface area contributed by atoms with Crippen molar-refractivity contribution in [2.75, 3.05) is 13.7 Å². The van der Waals surface area contributed by atoms with Crippen molar-refractivity contribution >= 4 is 5.82 Å². The van der Waals surface area contributed by atoms with Gasteiger partial charge in [-0.1, -0.05) is 0 Å². The average Bonchev–Trinajstić information content (AvgIpc) is 2.33. The van der Waals surface area contributed by atoms with E-state index in [4.69, 9.17) is 4.74 Å². The lowest BCUT2D eigenvalue weighted by Gasteiger charge is -2.07. The Labute approximate surface area is 101 Å². The Balaban J connectivity index is 2.54. The fourth-order valence-electron chi connectivity index (χ4n) is 1.17. The van der Waals surface area contributed by atoms with Crippen molar-refractivity contribution in [1.29, 1.82) is 0 Å². The molecule has 0 amide bonds. The molecule has 8 heteroatoms. The number of aromatic nitrogens is 1. The van der Waals surface area contributed by atoms with Gasteiger partial charge >= 0.3 is 12.0 Å². The zero-order valence-electron chi connectivity index (χ0n) is 9.61. The largest absolute Gasteiger partial charge is 0.486 e. The van der Waals surface area contributed by atoms with Crippen LogP contribution in [-0.4, -0.2) is 29.8 Å². The smallest absolute Gasteiger partial charge is 0.450 e. The highest BCUT2D eigenvalue weighted by Gasteiger charge is 2.27. The lowest BCUT2D eigenvalue weighted by Crippen LogP contribution is -2.10. The molecule has 0 unspecified atom stereocenters. The van der Waals surface area contributed by atoms with E-state index in [0.29, 0.717) is 0 Å². The van der Waals surface area contributed by atoms with Crippen LogP contribution in [0.1, 0.15) is 12.8 Å². The summed E-state index contributed by atoms with van der Waals surface area (Å²) in [5.74, 6) is -0.0523. The second kappa shape index (κ2) is 6.18. The van der Waals surface area contributed by atoms with E-state index in [-0.39, 0.29) is 29.5 Å². The van der Waals surface area contributed by atoms with Crippen molar-refractivity contribution < 1.29 is 27.7 Å². The van der Waals surface area contributed by atoms with E-state index >= 15 is 0 Å². The molecule has 0 aliphatic rings. The molecule has 0 aliphatic carbocycles. The second-order valence-electron chi connectivity index (χ2n) is 3.33. The van der Waals surface area contributed by atoms with E-state index in [9.17, 15) is 18.1 Å².